The van der Waals surface area contributed by atoms with Crippen LogP contribution in [0.25, 0.3) is 201 Å². The molecule has 0 aliphatic heterocycles. The van der Waals surface area contributed by atoms with Crippen molar-refractivity contribution in [2.45, 2.75) is 68.7 Å². The summed E-state index contributed by atoms with van der Waals surface area (Å²) < 4.78 is 7.91. The zero-order chi connectivity index (χ0) is 100. The van der Waals surface area contributed by atoms with Crippen molar-refractivity contribution >= 4 is 128 Å². The SMILES string of the molecule is Cc1cn(-c2cccc3[nH]c(-c4n[nH]c5ccc(-c6cncc(N(C)C)c6)cc45)nc23)cn1.Cc1cn(-c2cccc3[nH]c(-c4n[nH]c5ccc(-c6cncc(NC(=O)C(C)(C)C)c6)cc45)nc23)cn1.Cc1cn(-c2cccc3[nH]c(-c4n[nH]c5ccc(-c6cncc(NC(=O)C(C)C)c6)cc45)nc23)cn1.Cc1cn(-c2cccc3[nH]c(-c4n[nH]c5ccc(-c6cncc(NC(=O)Cc7ccccc7)c6)cc45)nc23)cn1. The van der Waals surface area contributed by atoms with Crippen molar-refractivity contribution in [3.8, 4) is 113 Å². The molecule has 0 saturated carbocycles. The largest absolute Gasteiger partial charge is 0.376 e. The fraction of sp³-hybridized carbons (Fsp3) is 0.126. The van der Waals surface area contributed by atoms with E-state index < -0.39 is 5.41 Å². The summed E-state index contributed by atoms with van der Waals surface area (Å²) in [6.45, 7) is 17.2. The summed E-state index contributed by atoms with van der Waals surface area (Å²) in [5.41, 5.74) is 32.4. The van der Waals surface area contributed by atoms with Crippen LogP contribution < -0.4 is 20.9 Å². The number of amides is 3. The molecule has 9 aromatic carbocycles. The standard InChI is InChI=1S/C31H24N8O.C28H26N8O.C27H24N8O.C25H22N8/c1-19-17-39(18-33-19)27-9-5-8-26-30(27)36-31(35-26)29-24-14-21(10-11-25(24)37-38-29)22-13-23(16-32-15-22)34-28(40)12-20-6-3-2-4-7-20;1-16-14-36(15-30-16)23-7-5-6-22-25(23)33-26(32-22)24-20-11-17(8-9-21(20)34-35-24)18-10-19(13-29-12-18)31-27(37)28(2,3)4;1-15(2)27(36)30-19-9-18(11-28-12-19)17-7-8-21-20(10-17)24(34-33-21)26-31-22-5-4-6-23(25(22)32-26)35-13-16(3)29-14-35;1-15-13-33(14-27-15)22-6-4-5-21-24(22)29-25(28-21)23-19-10-16(7-8-20(19)30-31-23)17-9-18(32(2)3)12-26-11-17/h2-11,13-18H,12H2,1H3,(H,34,40)(H,35,36)(H,37,38);5-15H,1-4H3,(H,31,37)(H,32,33)(H,34,35);4-15H,1-3H3,(H,30,36)(H,31,32)(H,33,34);4-14H,1-3H3,(H,28,29)(H,30,31). The molecule has 3 amide bonds. The van der Waals surface area contributed by atoms with E-state index in [-0.39, 0.29) is 23.6 Å². The van der Waals surface area contributed by atoms with Gasteiger partial charge in [0.1, 0.15) is 44.8 Å². The van der Waals surface area contributed by atoms with Crippen LogP contribution in [0.1, 0.15) is 63.0 Å². The summed E-state index contributed by atoms with van der Waals surface area (Å²) in [5, 5.41) is 43.4. The van der Waals surface area contributed by atoms with E-state index in [1.807, 2.05) is 307 Å². The third-order valence-corrected chi connectivity index (χ3v) is 25.1. The Bertz CT molecular complexity index is 9250. The van der Waals surface area contributed by atoms with E-state index in [1.54, 1.807) is 56.2 Å². The van der Waals surface area contributed by atoms with Gasteiger partial charge in [-0.05, 0) is 177 Å². The molecule has 25 rings (SSSR count). The first kappa shape index (κ1) is 91.5. The van der Waals surface area contributed by atoms with Crippen molar-refractivity contribution < 1.29 is 14.4 Å². The molecular formula is C111H96N32O3. The van der Waals surface area contributed by atoms with Crippen molar-refractivity contribution in [1.29, 1.82) is 0 Å². The van der Waals surface area contributed by atoms with E-state index >= 15 is 0 Å². The van der Waals surface area contributed by atoms with Crippen LogP contribution in [-0.4, -0.2) is 171 Å². The monoisotopic (exact) mass is 1920 g/mol. The minimum atomic E-state index is -0.496. The summed E-state index contributed by atoms with van der Waals surface area (Å²) in [6, 6.07) is 66.2. The van der Waals surface area contributed by atoms with Gasteiger partial charge in [0.25, 0.3) is 0 Å². The maximum absolute atomic E-state index is 12.6. The Morgan fingerprint density at radius 2 is 0.658 bits per heavy atom. The first-order valence-electron chi connectivity index (χ1n) is 47.3. The number of anilines is 4. The number of rotatable bonds is 19. The number of nitrogens with zero attached hydrogens (tertiary/aromatic N) is 21. The fourth-order valence-electron chi connectivity index (χ4n) is 17.5. The number of fused-ring (bicyclic) bond motifs is 8. The number of hydrogen-bond acceptors (Lipinski definition) is 20. The predicted octanol–water partition coefficient (Wildman–Crippen LogP) is 21.5. The number of benzene rings is 9. The summed E-state index contributed by atoms with van der Waals surface area (Å²) in [4.78, 5) is 107. The Morgan fingerprint density at radius 3 is 0.966 bits per heavy atom. The molecule has 0 unspecified atom stereocenters. The minimum absolute atomic E-state index is 0.0448. The van der Waals surface area contributed by atoms with Gasteiger partial charge >= 0.3 is 0 Å². The Hall–Kier alpha value is -19.6. The highest BCUT2D eigenvalue weighted by molar-refractivity contribution is 6.03. The molecule has 16 heterocycles. The Labute approximate surface area is 833 Å². The number of carbonyl (C=O) groups excluding carboxylic acids is 3. The lowest BCUT2D eigenvalue weighted by Gasteiger charge is -2.17. The predicted molar refractivity (Wildman–Crippen MR) is 570 cm³/mol. The Kier molecular flexibility index (Phi) is 23.9. The molecule has 0 spiro atoms. The normalized spacial score (nSPS) is 11.6. The van der Waals surface area contributed by atoms with E-state index in [2.05, 4.69) is 153 Å². The topological polar surface area (TPSA) is 443 Å². The zero-order valence-corrected chi connectivity index (χ0v) is 81.2. The maximum Gasteiger partial charge on any atom is 0.229 e. The van der Waals surface area contributed by atoms with E-state index in [4.69, 9.17) is 19.9 Å². The lowest BCUT2D eigenvalue weighted by Crippen LogP contribution is -2.27. The van der Waals surface area contributed by atoms with Crippen LogP contribution in [0, 0.1) is 39.0 Å². The molecule has 0 aliphatic carbocycles. The highest BCUT2D eigenvalue weighted by Gasteiger charge is 2.26. The van der Waals surface area contributed by atoms with E-state index in [9.17, 15) is 14.4 Å². The van der Waals surface area contributed by atoms with Gasteiger partial charge in [-0.25, -0.2) is 39.9 Å². The van der Waals surface area contributed by atoms with Gasteiger partial charge in [0, 0.05) is 119 Å². The molecule has 146 heavy (non-hydrogen) atoms. The van der Waals surface area contributed by atoms with Crippen LogP contribution in [0.2, 0.25) is 0 Å². The smallest absolute Gasteiger partial charge is 0.229 e. The third kappa shape index (κ3) is 18.7. The van der Waals surface area contributed by atoms with Crippen molar-refractivity contribution in [2.24, 2.45) is 11.3 Å². The number of aromatic nitrogens is 28. The maximum atomic E-state index is 12.6. The number of imidazole rings is 8. The number of aryl methyl sites for hydroxylation is 4. The lowest BCUT2D eigenvalue weighted by molar-refractivity contribution is -0.123. The van der Waals surface area contributed by atoms with Gasteiger partial charge in [-0.1, -0.05) is 113 Å². The molecule has 718 valence electrons. The van der Waals surface area contributed by atoms with Gasteiger partial charge in [0.05, 0.1) is 169 Å². The molecule has 25 aromatic rings. The second-order valence-corrected chi connectivity index (χ2v) is 37.3. The molecule has 0 radical (unpaired) electrons. The second kappa shape index (κ2) is 38.2. The number of aromatic amines is 8. The van der Waals surface area contributed by atoms with Crippen LogP contribution in [0.4, 0.5) is 22.7 Å². The highest BCUT2D eigenvalue weighted by atomic mass is 16.2. The van der Waals surface area contributed by atoms with Gasteiger partial charge in [-0.15, -0.1) is 0 Å². The molecule has 0 aliphatic rings. The van der Waals surface area contributed by atoms with E-state index in [1.165, 1.54) is 0 Å². The Morgan fingerprint density at radius 1 is 0.342 bits per heavy atom. The van der Waals surface area contributed by atoms with Gasteiger partial charge in [0.15, 0.2) is 23.3 Å². The van der Waals surface area contributed by atoms with Crippen LogP contribution in [0.5, 0.6) is 0 Å². The van der Waals surface area contributed by atoms with E-state index in [0.29, 0.717) is 41.0 Å². The second-order valence-electron chi connectivity index (χ2n) is 37.3. The fourth-order valence-corrected chi connectivity index (χ4v) is 17.5. The first-order chi connectivity index (χ1) is 70.9. The summed E-state index contributed by atoms with van der Waals surface area (Å²) in [7, 11) is 4.03. The number of hydrogen-bond donors (Lipinski definition) is 11. The molecule has 16 aromatic heterocycles. The number of pyridine rings is 4. The molecule has 35 nitrogen and oxygen atoms in total. The average molecular weight is 1930 g/mol. The number of para-hydroxylation sites is 4. The van der Waals surface area contributed by atoms with Gasteiger partial charge in [-0.2, -0.15) is 20.4 Å². The van der Waals surface area contributed by atoms with Crippen LogP contribution in [0.3, 0.4) is 0 Å². The van der Waals surface area contributed by atoms with Crippen molar-refractivity contribution in [3.63, 3.8) is 0 Å². The number of nitrogens with one attached hydrogen (secondary N) is 11. The van der Waals surface area contributed by atoms with Gasteiger partial charge in [-0.3, -0.25) is 54.7 Å². The summed E-state index contributed by atoms with van der Waals surface area (Å²) >= 11 is 0. The molecule has 35 heteroatoms. The minimum Gasteiger partial charge on any atom is -0.376 e. The Balaban J connectivity index is 0.000000111. The molecule has 0 saturated heterocycles. The van der Waals surface area contributed by atoms with Crippen molar-refractivity contribution in [1.82, 2.24) is 139 Å². The van der Waals surface area contributed by atoms with Crippen LogP contribution in [-0.2, 0) is 20.8 Å². The molecule has 0 fully saturated rings. The highest BCUT2D eigenvalue weighted by Crippen LogP contribution is 2.40. The van der Waals surface area contributed by atoms with Gasteiger partial charge < -0.3 is 59.1 Å². The zero-order valence-electron chi connectivity index (χ0n) is 81.2. The van der Waals surface area contributed by atoms with Crippen molar-refractivity contribution in [2.75, 3.05) is 34.9 Å². The quantitative estimate of drug-likeness (QED) is 0.0358. The number of carbonyl (C=O) groups is 3. The van der Waals surface area contributed by atoms with Crippen LogP contribution >= 0.6 is 0 Å². The lowest BCUT2D eigenvalue weighted by atomic mass is 9.95. The van der Waals surface area contributed by atoms with Gasteiger partial charge in [0.2, 0.25) is 17.7 Å². The molecule has 0 bridgehead atoms. The summed E-state index contributed by atoms with van der Waals surface area (Å²) in [5.74, 6) is 2.43. The van der Waals surface area contributed by atoms with Crippen molar-refractivity contribution in [3.05, 3.63) is 328 Å². The summed E-state index contributed by atoms with van der Waals surface area (Å²) in [6.07, 6.45) is 29.5. The molecular weight excluding hydrogens is 1830 g/mol. The first-order valence-corrected chi connectivity index (χ1v) is 47.3. The molecule has 11 N–H and O–H groups in total. The average Bonchev–Trinajstić information content (AvgIpc) is 1.62. The third-order valence-electron chi connectivity index (χ3n) is 25.1. The number of H-pyrrole nitrogens is 8. The van der Waals surface area contributed by atoms with E-state index in [0.717, 1.165) is 218 Å². The molecule has 0 atom stereocenters. The van der Waals surface area contributed by atoms with Crippen LogP contribution in [0.15, 0.2) is 300 Å².